The van der Waals surface area contributed by atoms with Crippen LogP contribution in [0.2, 0.25) is 18.6 Å². The van der Waals surface area contributed by atoms with Crippen molar-refractivity contribution in [2.45, 2.75) is 75.9 Å². The number of aliphatic hydroxyl groups is 1. The lowest BCUT2D eigenvalue weighted by Crippen LogP contribution is -2.45. The lowest BCUT2D eigenvalue weighted by atomic mass is 9.82. The van der Waals surface area contributed by atoms with Crippen LogP contribution < -0.4 is 4.90 Å². The minimum Gasteiger partial charge on any atom is -0.469 e. The predicted molar refractivity (Wildman–Crippen MR) is 151 cm³/mol. The molecule has 38 heavy (non-hydrogen) atoms. The molecular formula is C26H36FIN4O5Si. The van der Waals surface area contributed by atoms with Gasteiger partial charge in [0.25, 0.3) is 5.91 Å². The number of halogens is 2. The summed E-state index contributed by atoms with van der Waals surface area (Å²) in [5.41, 5.74) is 0.639. The number of benzene rings is 1. The first-order chi connectivity index (χ1) is 18.0. The van der Waals surface area contributed by atoms with Gasteiger partial charge in [-0.25, -0.2) is 0 Å². The average molecular weight is 659 g/mol. The molecule has 12 heteroatoms. The topological polar surface area (TPSA) is 107 Å². The number of unbranched alkanes of at least 4 members (excludes halogenated alkanes) is 1. The van der Waals surface area contributed by atoms with E-state index in [1.54, 1.807) is 28.9 Å². The van der Waals surface area contributed by atoms with Crippen LogP contribution in [-0.2, 0) is 37.6 Å². The van der Waals surface area contributed by atoms with Gasteiger partial charge in [-0.05, 0) is 73.1 Å². The molecule has 208 valence electrons. The number of rotatable bonds is 11. The fraction of sp³-hybridized carbons (Fsp3) is 0.615. The van der Waals surface area contributed by atoms with E-state index < -0.39 is 25.7 Å². The average Bonchev–Trinajstić information content (AvgIpc) is 3.50. The predicted octanol–water partition coefficient (Wildman–Crippen LogP) is 3.97. The summed E-state index contributed by atoms with van der Waals surface area (Å²) < 4.78 is 30.1. The van der Waals surface area contributed by atoms with Crippen LogP contribution in [0.4, 0.5) is 9.80 Å². The highest BCUT2D eigenvalue weighted by atomic mass is 127. The number of ether oxygens (including phenoxy) is 2. The van der Waals surface area contributed by atoms with Gasteiger partial charge in [0.05, 0.1) is 24.6 Å². The molecule has 3 heterocycles. The molecule has 4 rings (SSSR count). The maximum absolute atomic E-state index is 15.9. The minimum atomic E-state index is -3.25. The number of aliphatic hydroxyl groups excluding tert-OH is 1. The van der Waals surface area contributed by atoms with Crippen molar-refractivity contribution in [3.63, 3.8) is 0 Å². The van der Waals surface area contributed by atoms with E-state index in [1.165, 1.54) is 7.11 Å². The smallest absolute Gasteiger partial charge is 0.305 e. The second-order valence-corrected chi connectivity index (χ2v) is 15.7. The fourth-order valence-electron chi connectivity index (χ4n) is 6.09. The SMILES string of the molecule is COC(=O)CCCCN1C(=O)[C@@]2(O[C@@H](CCn3cc(CCO)nn3)[C@H]([Si](C)(C)F)[C@H]2C)c2cc(I)ccc21. The summed E-state index contributed by atoms with van der Waals surface area (Å²) in [4.78, 5) is 27.5. The molecule has 1 saturated heterocycles. The monoisotopic (exact) mass is 658 g/mol. The minimum absolute atomic E-state index is 0.00626. The summed E-state index contributed by atoms with van der Waals surface area (Å²) in [7, 11) is -1.88. The van der Waals surface area contributed by atoms with Crippen molar-refractivity contribution in [3.05, 3.63) is 39.2 Å². The Morgan fingerprint density at radius 2 is 2.08 bits per heavy atom. The van der Waals surface area contributed by atoms with E-state index in [4.69, 9.17) is 14.6 Å². The van der Waals surface area contributed by atoms with Gasteiger partial charge in [-0.2, -0.15) is 0 Å². The number of esters is 1. The molecule has 1 fully saturated rings. The third-order valence-corrected chi connectivity index (χ3v) is 10.9. The second kappa shape index (κ2) is 11.7. The molecule has 1 aromatic carbocycles. The molecule has 0 aliphatic carbocycles. The number of carbonyl (C=O) groups excluding carboxylic acids is 2. The number of anilines is 1. The van der Waals surface area contributed by atoms with E-state index in [-0.39, 0.29) is 24.4 Å². The van der Waals surface area contributed by atoms with Crippen LogP contribution >= 0.6 is 22.6 Å². The number of nitrogens with zero attached hydrogens (tertiary/aromatic N) is 4. The second-order valence-electron chi connectivity index (χ2n) is 10.7. The van der Waals surface area contributed by atoms with E-state index in [9.17, 15) is 9.59 Å². The summed E-state index contributed by atoms with van der Waals surface area (Å²) in [5.74, 6) is -0.783. The summed E-state index contributed by atoms with van der Waals surface area (Å²) in [6.07, 6.45) is 3.77. The Hall–Kier alpha value is -1.90. The van der Waals surface area contributed by atoms with Crippen LogP contribution in [0.3, 0.4) is 0 Å². The van der Waals surface area contributed by atoms with E-state index in [1.807, 2.05) is 25.1 Å². The Kier molecular flexibility index (Phi) is 8.94. The molecule has 1 N–H and O–H groups in total. The number of aromatic nitrogens is 3. The summed E-state index contributed by atoms with van der Waals surface area (Å²) >= 11 is 2.23. The van der Waals surface area contributed by atoms with Crippen molar-refractivity contribution in [2.75, 3.05) is 25.2 Å². The van der Waals surface area contributed by atoms with E-state index in [0.29, 0.717) is 50.9 Å². The van der Waals surface area contributed by atoms with Crippen LogP contribution in [0, 0.1) is 9.49 Å². The molecule has 0 bridgehead atoms. The Morgan fingerprint density at radius 1 is 1.32 bits per heavy atom. The van der Waals surface area contributed by atoms with Crippen LogP contribution in [0.1, 0.15) is 43.9 Å². The molecule has 0 radical (unpaired) electrons. The molecule has 2 aromatic rings. The molecular weight excluding hydrogens is 622 g/mol. The summed E-state index contributed by atoms with van der Waals surface area (Å²) in [6, 6.07) is 5.90. The fourth-order valence-corrected chi connectivity index (χ4v) is 9.12. The van der Waals surface area contributed by atoms with Crippen molar-refractivity contribution in [1.29, 1.82) is 0 Å². The first kappa shape index (κ1) is 29.1. The Labute approximate surface area is 237 Å². The van der Waals surface area contributed by atoms with E-state index in [2.05, 4.69) is 32.9 Å². The van der Waals surface area contributed by atoms with Gasteiger partial charge in [-0.1, -0.05) is 12.1 Å². The number of methoxy groups -OCH3 is 1. The Bertz CT molecular complexity index is 1170. The molecule has 1 spiro atoms. The first-order valence-electron chi connectivity index (χ1n) is 13.1. The van der Waals surface area contributed by atoms with Gasteiger partial charge in [0.2, 0.25) is 8.41 Å². The Balaban J connectivity index is 1.62. The number of carbonyl (C=O) groups is 2. The molecule has 9 nitrogen and oxygen atoms in total. The Morgan fingerprint density at radius 3 is 2.76 bits per heavy atom. The number of amides is 1. The lowest BCUT2D eigenvalue weighted by Gasteiger charge is -2.31. The van der Waals surface area contributed by atoms with Gasteiger partial charge in [-0.15, -0.1) is 5.10 Å². The molecule has 2 aliphatic heterocycles. The van der Waals surface area contributed by atoms with Crippen molar-refractivity contribution in [3.8, 4) is 0 Å². The zero-order valence-corrected chi connectivity index (χ0v) is 25.5. The maximum Gasteiger partial charge on any atom is 0.305 e. The third-order valence-electron chi connectivity index (χ3n) is 7.76. The normalized spacial score (nSPS) is 24.9. The highest BCUT2D eigenvalue weighted by Crippen LogP contribution is 2.60. The van der Waals surface area contributed by atoms with Crippen LogP contribution in [0.5, 0.6) is 0 Å². The van der Waals surface area contributed by atoms with Crippen LogP contribution in [-0.4, -0.2) is 66.7 Å². The molecule has 2 aliphatic rings. The molecule has 4 atom stereocenters. The molecule has 1 amide bonds. The first-order valence-corrected chi connectivity index (χ1v) is 17.1. The molecule has 0 unspecified atom stereocenters. The van der Waals surface area contributed by atoms with Crippen LogP contribution in [0.25, 0.3) is 0 Å². The van der Waals surface area contributed by atoms with Gasteiger partial charge in [0.15, 0.2) is 5.60 Å². The maximum atomic E-state index is 15.9. The van der Waals surface area contributed by atoms with Crippen molar-refractivity contribution in [1.82, 2.24) is 15.0 Å². The zero-order chi connectivity index (χ0) is 27.7. The van der Waals surface area contributed by atoms with Gasteiger partial charge in [0.1, 0.15) is 0 Å². The van der Waals surface area contributed by atoms with Gasteiger partial charge < -0.3 is 23.6 Å². The van der Waals surface area contributed by atoms with Gasteiger partial charge in [-0.3, -0.25) is 14.3 Å². The summed E-state index contributed by atoms with van der Waals surface area (Å²) in [5, 5.41) is 17.4. The van der Waals surface area contributed by atoms with E-state index in [0.717, 1.165) is 14.8 Å². The van der Waals surface area contributed by atoms with E-state index >= 15 is 4.11 Å². The van der Waals surface area contributed by atoms with Gasteiger partial charge in [0, 0.05) is 59.3 Å². The van der Waals surface area contributed by atoms with Crippen molar-refractivity contribution in [2.24, 2.45) is 5.92 Å². The number of fused-ring (bicyclic) bond motifs is 2. The summed E-state index contributed by atoms with van der Waals surface area (Å²) in [6.45, 7) is 6.25. The highest BCUT2D eigenvalue weighted by molar-refractivity contribution is 14.1. The molecule has 1 aromatic heterocycles. The number of hydrogen-bond acceptors (Lipinski definition) is 7. The zero-order valence-electron chi connectivity index (χ0n) is 22.3. The number of aryl methyl sites for hydroxylation is 1. The van der Waals surface area contributed by atoms with Gasteiger partial charge >= 0.3 is 5.97 Å². The highest BCUT2D eigenvalue weighted by Gasteiger charge is 2.66. The van der Waals surface area contributed by atoms with Crippen LogP contribution in [0.15, 0.2) is 24.4 Å². The third kappa shape index (κ3) is 5.54. The lowest BCUT2D eigenvalue weighted by molar-refractivity contribution is -0.146. The largest absolute Gasteiger partial charge is 0.469 e. The number of hydrogen-bond donors (Lipinski definition) is 1. The molecule has 0 saturated carbocycles. The quantitative estimate of drug-likeness (QED) is 0.128. The standard InChI is InChI=1S/C26H36FIN4O5Si/c1-17-24(38(3,4)27)22(10-13-31-16-19(11-14-33)29-30-31)37-26(17)20-15-18(28)8-9-21(20)32(25(26)35)12-6-5-7-23(34)36-2/h8-9,15-17,22,24,33H,5-7,10-14H2,1-4H3/t17-,22+,24-,26+/m1/s1. The van der Waals surface area contributed by atoms with Crippen molar-refractivity contribution >= 4 is 48.6 Å². The van der Waals surface area contributed by atoms with Crippen molar-refractivity contribution < 1.29 is 28.3 Å².